The maximum Gasteiger partial charge on any atom is 0.191 e. The molecule has 1 heterocycles. The molecule has 0 amide bonds. The predicted octanol–water partition coefficient (Wildman–Crippen LogP) is 1.26. The van der Waals surface area contributed by atoms with Crippen LogP contribution >= 0.6 is 0 Å². The number of guanidine groups is 1. The molecule has 3 rings (SSSR count). The van der Waals surface area contributed by atoms with Gasteiger partial charge >= 0.3 is 0 Å². The topological polar surface area (TPSA) is 36.4 Å². The van der Waals surface area contributed by atoms with Crippen molar-refractivity contribution in [2.24, 2.45) is 10.4 Å². The van der Waals surface area contributed by atoms with Gasteiger partial charge in [0.15, 0.2) is 5.96 Å². The maximum absolute atomic E-state index is 4.45. The zero-order valence-corrected chi connectivity index (χ0v) is 8.84. The molecule has 1 spiro atoms. The third kappa shape index (κ3) is 1.30. The highest BCUT2D eigenvalue weighted by Crippen LogP contribution is 2.57. The summed E-state index contributed by atoms with van der Waals surface area (Å²) in [6, 6.07) is 1.25. The van der Waals surface area contributed by atoms with Crippen molar-refractivity contribution in [1.82, 2.24) is 10.6 Å². The Hall–Kier alpha value is -0.730. The number of nitrogens with one attached hydrogen (secondary N) is 2. The van der Waals surface area contributed by atoms with E-state index in [4.69, 9.17) is 0 Å². The Balaban J connectivity index is 1.55. The Morgan fingerprint density at radius 2 is 2.21 bits per heavy atom. The Labute approximate surface area is 85.4 Å². The van der Waals surface area contributed by atoms with Crippen LogP contribution in [0.1, 0.15) is 39.0 Å². The molecule has 3 aliphatic rings. The fourth-order valence-corrected chi connectivity index (χ4v) is 2.99. The standard InChI is InChI=1S/C11H19N3/c1-8-7-12-10(13-8)14-9-6-11(9)4-2-3-5-11/h8-9H,2-7H2,1H3,(H2,12,13,14). The van der Waals surface area contributed by atoms with E-state index in [9.17, 15) is 0 Å². The SMILES string of the molecule is CC1CN=C(NC2CC23CCCC3)N1. The van der Waals surface area contributed by atoms with E-state index in [0.717, 1.165) is 18.5 Å². The molecule has 2 saturated carbocycles. The molecule has 3 nitrogen and oxygen atoms in total. The van der Waals surface area contributed by atoms with Crippen molar-refractivity contribution in [2.45, 2.75) is 51.1 Å². The van der Waals surface area contributed by atoms with Gasteiger partial charge in [0.25, 0.3) is 0 Å². The minimum atomic E-state index is 0.524. The Bertz CT molecular complexity index is 266. The summed E-state index contributed by atoms with van der Waals surface area (Å²) in [7, 11) is 0. The van der Waals surface area contributed by atoms with Crippen LogP contribution in [0.2, 0.25) is 0 Å². The van der Waals surface area contributed by atoms with Crippen LogP contribution in [0.5, 0.6) is 0 Å². The average molecular weight is 193 g/mol. The van der Waals surface area contributed by atoms with E-state index in [0.29, 0.717) is 11.5 Å². The van der Waals surface area contributed by atoms with E-state index in [1.54, 1.807) is 0 Å². The maximum atomic E-state index is 4.45. The van der Waals surface area contributed by atoms with Crippen molar-refractivity contribution >= 4 is 5.96 Å². The third-order valence-corrected chi connectivity index (χ3v) is 4.01. The second-order valence-electron chi connectivity index (χ2n) is 5.21. The van der Waals surface area contributed by atoms with Gasteiger partial charge in [-0.2, -0.15) is 0 Å². The molecule has 0 radical (unpaired) electrons. The largest absolute Gasteiger partial charge is 0.353 e. The van der Waals surface area contributed by atoms with Crippen LogP contribution in [0.4, 0.5) is 0 Å². The van der Waals surface area contributed by atoms with Crippen molar-refractivity contribution in [2.75, 3.05) is 6.54 Å². The quantitative estimate of drug-likeness (QED) is 0.657. The normalized spacial score (nSPS) is 38.2. The zero-order chi connectivity index (χ0) is 9.60. The average Bonchev–Trinajstić information content (AvgIpc) is 2.52. The van der Waals surface area contributed by atoms with E-state index >= 15 is 0 Å². The first-order valence-corrected chi connectivity index (χ1v) is 5.86. The van der Waals surface area contributed by atoms with E-state index in [1.807, 2.05) is 0 Å². The van der Waals surface area contributed by atoms with Gasteiger partial charge in [0.05, 0.1) is 6.54 Å². The molecule has 0 aromatic heterocycles. The van der Waals surface area contributed by atoms with Gasteiger partial charge in [-0.15, -0.1) is 0 Å². The molecule has 0 aromatic carbocycles. The van der Waals surface area contributed by atoms with Crippen molar-refractivity contribution in [3.05, 3.63) is 0 Å². The highest BCUT2D eigenvalue weighted by molar-refractivity contribution is 5.82. The number of nitrogens with zero attached hydrogens (tertiary/aromatic N) is 1. The van der Waals surface area contributed by atoms with Crippen molar-refractivity contribution in [3.8, 4) is 0 Å². The van der Waals surface area contributed by atoms with Crippen molar-refractivity contribution < 1.29 is 0 Å². The van der Waals surface area contributed by atoms with Gasteiger partial charge in [0, 0.05) is 12.1 Å². The highest BCUT2D eigenvalue weighted by Gasteiger charge is 2.55. The monoisotopic (exact) mass is 193 g/mol. The lowest BCUT2D eigenvalue weighted by molar-refractivity contribution is 0.495. The third-order valence-electron chi connectivity index (χ3n) is 4.01. The molecule has 2 aliphatic carbocycles. The molecule has 2 fully saturated rings. The van der Waals surface area contributed by atoms with Crippen LogP contribution in [0.15, 0.2) is 4.99 Å². The number of rotatable bonds is 1. The smallest absolute Gasteiger partial charge is 0.191 e. The van der Waals surface area contributed by atoms with E-state index in [-0.39, 0.29) is 0 Å². The summed E-state index contributed by atoms with van der Waals surface area (Å²) in [6.45, 7) is 3.11. The first-order valence-electron chi connectivity index (χ1n) is 5.86. The Morgan fingerprint density at radius 1 is 1.43 bits per heavy atom. The molecule has 2 atom stereocenters. The lowest BCUT2D eigenvalue weighted by Gasteiger charge is -2.11. The van der Waals surface area contributed by atoms with E-state index in [2.05, 4.69) is 22.5 Å². The first-order chi connectivity index (χ1) is 6.78. The number of aliphatic imine (C=N–C) groups is 1. The molecule has 1 aliphatic heterocycles. The Kier molecular flexibility index (Phi) is 1.76. The summed E-state index contributed by atoms with van der Waals surface area (Å²) >= 11 is 0. The van der Waals surface area contributed by atoms with Crippen LogP contribution in [0, 0.1) is 5.41 Å². The van der Waals surface area contributed by atoms with Crippen LogP contribution in [-0.4, -0.2) is 24.6 Å². The molecule has 0 saturated heterocycles. The van der Waals surface area contributed by atoms with Crippen LogP contribution in [0.25, 0.3) is 0 Å². The van der Waals surface area contributed by atoms with Gasteiger partial charge in [-0.1, -0.05) is 12.8 Å². The summed E-state index contributed by atoms with van der Waals surface area (Å²) in [5.74, 6) is 1.05. The molecular weight excluding hydrogens is 174 g/mol. The van der Waals surface area contributed by atoms with Crippen LogP contribution in [-0.2, 0) is 0 Å². The molecule has 3 heteroatoms. The zero-order valence-electron chi connectivity index (χ0n) is 8.84. The van der Waals surface area contributed by atoms with Crippen molar-refractivity contribution in [3.63, 3.8) is 0 Å². The van der Waals surface area contributed by atoms with Gasteiger partial charge in [0.2, 0.25) is 0 Å². The van der Waals surface area contributed by atoms with Gasteiger partial charge in [0.1, 0.15) is 0 Å². The molecule has 0 bridgehead atoms. The lowest BCUT2D eigenvalue weighted by atomic mass is 10.1. The molecular formula is C11H19N3. The molecule has 2 unspecified atom stereocenters. The number of hydrogen-bond donors (Lipinski definition) is 2. The lowest BCUT2D eigenvalue weighted by Crippen LogP contribution is -2.40. The minimum Gasteiger partial charge on any atom is -0.353 e. The van der Waals surface area contributed by atoms with E-state index in [1.165, 1.54) is 32.1 Å². The summed E-state index contributed by atoms with van der Waals surface area (Å²) in [5, 5.41) is 6.93. The summed E-state index contributed by atoms with van der Waals surface area (Å²) in [5.41, 5.74) is 0.677. The van der Waals surface area contributed by atoms with Crippen LogP contribution in [0.3, 0.4) is 0 Å². The van der Waals surface area contributed by atoms with Gasteiger partial charge in [-0.05, 0) is 31.6 Å². The second-order valence-corrected chi connectivity index (χ2v) is 5.21. The molecule has 2 N–H and O–H groups in total. The van der Waals surface area contributed by atoms with Crippen molar-refractivity contribution in [1.29, 1.82) is 0 Å². The second kappa shape index (κ2) is 2.88. The van der Waals surface area contributed by atoms with E-state index < -0.39 is 0 Å². The minimum absolute atomic E-state index is 0.524. The summed E-state index contributed by atoms with van der Waals surface area (Å²) in [4.78, 5) is 4.45. The van der Waals surface area contributed by atoms with Crippen LogP contribution < -0.4 is 10.6 Å². The Morgan fingerprint density at radius 3 is 2.86 bits per heavy atom. The molecule has 0 aromatic rings. The van der Waals surface area contributed by atoms with Gasteiger partial charge in [-0.25, -0.2) is 0 Å². The first kappa shape index (κ1) is 8.57. The fraction of sp³-hybridized carbons (Fsp3) is 0.909. The van der Waals surface area contributed by atoms with Gasteiger partial charge < -0.3 is 10.6 Å². The highest BCUT2D eigenvalue weighted by atomic mass is 15.3. The molecule has 78 valence electrons. The summed E-state index contributed by atoms with van der Waals surface area (Å²) in [6.07, 6.45) is 7.13. The molecule has 14 heavy (non-hydrogen) atoms. The fourth-order valence-electron chi connectivity index (χ4n) is 2.99. The van der Waals surface area contributed by atoms with Gasteiger partial charge in [-0.3, -0.25) is 4.99 Å². The number of hydrogen-bond acceptors (Lipinski definition) is 3. The predicted molar refractivity (Wildman–Crippen MR) is 57.3 cm³/mol. The summed E-state index contributed by atoms with van der Waals surface area (Å²) < 4.78 is 0.